The third-order valence-electron chi connectivity index (χ3n) is 2.63. The lowest BCUT2D eigenvalue weighted by atomic mass is 10.00. The molecule has 0 saturated heterocycles. The summed E-state index contributed by atoms with van der Waals surface area (Å²) in [6.07, 6.45) is 2.86. The highest BCUT2D eigenvalue weighted by Crippen LogP contribution is 2.22. The maximum atomic E-state index is 9.72. The molecular weight excluding hydrogens is 254 g/mol. The molecule has 0 radical (unpaired) electrons. The summed E-state index contributed by atoms with van der Waals surface area (Å²) >= 11 is 7.63. The molecule has 96 valence electrons. The minimum atomic E-state index is -0.703. The van der Waals surface area contributed by atoms with E-state index < -0.39 is 5.60 Å². The summed E-state index contributed by atoms with van der Waals surface area (Å²) in [5.74, 6) is 1.06. The zero-order valence-corrected chi connectivity index (χ0v) is 11.7. The van der Waals surface area contributed by atoms with Crippen molar-refractivity contribution >= 4 is 23.4 Å². The van der Waals surface area contributed by atoms with Gasteiger partial charge in [-0.2, -0.15) is 0 Å². The second-order valence-electron chi connectivity index (χ2n) is 4.46. The van der Waals surface area contributed by atoms with Crippen molar-refractivity contribution in [3.05, 3.63) is 29.3 Å². The molecule has 0 saturated carbocycles. The smallest absolute Gasteiger partial charge is 0.0741 e. The Kier molecular flexibility index (Phi) is 6.34. The Morgan fingerprint density at radius 1 is 1.29 bits per heavy atom. The lowest BCUT2D eigenvalue weighted by Crippen LogP contribution is -2.33. The van der Waals surface area contributed by atoms with Crippen LogP contribution in [0.4, 0.5) is 0 Å². The van der Waals surface area contributed by atoms with E-state index >= 15 is 0 Å². The molecule has 1 atom stereocenters. The van der Waals surface area contributed by atoms with Crippen LogP contribution in [0.15, 0.2) is 29.2 Å². The van der Waals surface area contributed by atoms with E-state index in [1.54, 1.807) is 6.92 Å². The highest BCUT2D eigenvalue weighted by Gasteiger charge is 2.16. The third kappa shape index (κ3) is 6.32. The average Bonchev–Trinajstić information content (AvgIpc) is 2.31. The van der Waals surface area contributed by atoms with E-state index in [1.807, 2.05) is 36.0 Å². The first kappa shape index (κ1) is 14.8. The fourth-order valence-corrected chi connectivity index (χ4v) is 2.47. The largest absolute Gasteiger partial charge is 0.389 e. The lowest BCUT2D eigenvalue weighted by molar-refractivity contribution is 0.0577. The van der Waals surface area contributed by atoms with Crippen LogP contribution in [0.2, 0.25) is 5.02 Å². The highest BCUT2D eigenvalue weighted by molar-refractivity contribution is 7.99. The normalized spacial score (nSPS) is 14.6. The molecule has 0 aliphatic rings. The second kappa shape index (κ2) is 7.27. The van der Waals surface area contributed by atoms with Crippen molar-refractivity contribution in [1.29, 1.82) is 0 Å². The third-order valence-corrected chi connectivity index (χ3v) is 3.98. The number of halogens is 1. The van der Waals surface area contributed by atoms with E-state index in [2.05, 4.69) is 0 Å². The number of benzene rings is 1. The van der Waals surface area contributed by atoms with Crippen LogP contribution in [0.1, 0.15) is 26.2 Å². The number of aliphatic hydroxyl groups is 1. The van der Waals surface area contributed by atoms with Crippen LogP contribution in [-0.4, -0.2) is 23.0 Å². The van der Waals surface area contributed by atoms with Gasteiger partial charge in [-0.25, -0.2) is 0 Å². The summed E-state index contributed by atoms with van der Waals surface area (Å²) < 4.78 is 0. The molecule has 0 aliphatic heterocycles. The van der Waals surface area contributed by atoms with Crippen molar-refractivity contribution in [2.24, 2.45) is 5.73 Å². The summed E-state index contributed by atoms with van der Waals surface area (Å²) in [5.41, 5.74) is 4.76. The molecule has 17 heavy (non-hydrogen) atoms. The molecule has 4 heteroatoms. The van der Waals surface area contributed by atoms with Crippen LogP contribution in [0, 0.1) is 0 Å². The van der Waals surface area contributed by atoms with Gasteiger partial charge in [0.2, 0.25) is 0 Å². The Hall–Kier alpha value is -0.220. The van der Waals surface area contributed by atoms with Gasteiger partial charge in [0, 0.05) is 16.5 Å². The van der Waals surface area contributed by atoms with E-state index in [-0.39, 0.29) is 0 Å². The van der Waals surface area contributed by atoms with Gasteiger partial charge in [0.1, 0.15) is 0 Å². The fraction of sp³-hybridized carbons (Fsp3) is 0.538. The number of hydrogen-bond donors (Lipinski definition) is 2. The first-order valence-electron chi connectivity index (χ1n) is 5.84. The van der Waals surface area contributed by atoms with Crippen molar-refractivity contribution in [3.63, 3.8) is 0 Å². The highest BCUT2D eigenvalue weighted by atomic mass is 35.5. The van der Waals surface area contributed by atoms with Gasteiger partial charge in [-0.1, -0.05) is 11.6 Å². The molecule has 3 N–H and O–H groups in total. The second-order valence-corrected chi connectivity index (χ2v) is 6.07. The lowest BCUT2D eigenvalue weighted by Gasteiger charge is -2.20. The molecule has 0 spiro atoms. The van der Waals surface area contributed by atoms with E-state index in [4.69, 9.17) is 17.3 Å². The minimum Gasteiger partial charge on any atom is -0.389 e. The molecule has 1 unspecified atom stereocenters. The molecule has 0 aromatic heterocycles. The molecule has 0 heterocycles. The summed E-state index contributed by atoms with van der Waals surface area (Å²) in [6.45, 7) is 2.12. The van der Waals surface area contributed by atoms with Crippen LogP contribution < -0.4 is 5.73 Å². The van der Waals surface area contributed by atoms with Crippen molar-refractivity contribution in [2.75, 3.05) is 12.3 Å². The monoisotopic (exact) mass is 273 g/mol. The summed E-state index contributed by atoms with van der Waals surface area (Å²) in [5, 5.41) is 10.5. The summed E-state index contributed by atoms with van der Waals surface area (Å²) in [4.78, 5) is 1.24. The van der Waals surface area contributed by atoms with Gasteiger partial charge in [-0.15, -0.1) is 11.8 Å². The molecule has 1 rings (SSSR count). The van der Waals surface area contributed by atoms with Gasteiger partial charge in [0.25, 0.3) is 0 Å². The fourth-order valence-electron chi connectivity index (χ4n) is 1.43. The standard InChI is InChI=1S/C13H20ClNOS/c1-13(16,10-15)8-2-3-9-17-12-6-4-11(14)5-7-12/h4-7,16H,2-3,8-10,15H2,1H3. The number of rotatable bonds is 7. The molecule has 0 amide bonds. The van der Waals surface area contributed by atoms with Crippen molar-refractivity contribution < 1.29 is 5.11 Å². The first-order valence-corrected chi connectivity index (χ1v) is 7.21. The quantitative estimate of drug-likeness (QED) is 0.592. The van der Waals surface area contributed by atoms with Crippen LogP contribution >= 0.6 is 23.4 Å². The molecule has 0 aliphatic carbocycles. The van der Waals surface area contributed by atoms with Crippen LogP contribution in [-0.2, 0) is 0 Å². The molecular formula is C13H20ClNOS. The Morgan fingerprint density at radius 3 is 2.53 bits per heavy atom. The van der Waals surface area contributed by atoms with E-state index in [9.17, 15) is 5.11 Å². The predicted octanol–water partition coefficient (Wildman–Crippen LogP) is 3.31. The molecule has 2 nitrogen and oxygen atoms in total. The summed E-state index contributed by atoms with van der Waals surface area (Å²) in [7, 11) is 0. The van der Waals surface area contributed by atoms with Crippen molar-refractivity contribution in [2.45, 2.75) is 36.7 Å². The zero-order chi connectivity index (χ0) is 12.7. The van der Waals surface area contributed by atoms with Crippen LogP contribution in [0.25, 0.3) is 0 Å². The molecule has 1 aromatic rings. The summed E-state index contributed by atoms with van der Waals surface area (Å²) in [6, 6.07) is 7.87. The Labute approximate surface area is 113 Å². The number of thioether (sulfide) groups is 1. The zero-order valence-electron chi connectivity index (χ0n) is 10.2. The van der Waals surface area contributed by atoms with Crippen molar-refractivity contribution in [3.8, 4) is 0 Å². The Bertz CT molecular complexity index is 327. The topological polar surface area (TPSA) is 46.2 Å². The van der Waals surface area contributed by atoms with Crippen LogP contribution in [0.5, 0.6) is 0 Å². The molecule has 1 aromatic carbocycles. The van der Waals surface area contributed by atoms with Gasteiger partial charge in [-0.3, -0.25) is 0 Å². The number of hydrogen-bond acceptors (Lipinski definition) is 3. The van der Waals surface area contributed by atoms with E-state index in [1.165, 1.54) is 4.90 Å². The minimum absolute atomic E-state index is 0.331. The van der Waals surface area contributed by atoms with Gasteiger partial charge >= 0.3 is 0 Å². The Morgan fingerprint density at radius 2 is 1.94 bits per heavy atom. The van der Waals surface area contributed by atoms with E-state index in [0.717, 1.165) is 30.0 Å². The molecule has 0 bridgehead atoms. The van der Waals surface area contributed by atoms with Crippen LogP contribution in [0.3, 0.4) is 0 Å². The van der Waals surface area contributed by atoms with Gasteiger partial charge in [0.15, 0.2) is 0 Å². The predicted molar refractivity (Wildman–Crippen MR) is 75.7 cm³/mol. The molecule has 0 fully saturated rings. The van der Waals surface area contributed by atoms with Gasteiger partial charge < -0.3 is 10.8 Å². The Balaban J connectivity index is 2.14. The number of nitrogens with two attached hydrogens (primary N) is 1. The van der Waals surface area contributed by atoms with Crippen molar-refractivity contribution in [1.82, 2.24) is 0 Å². The maximum absolute atomic E-state index is 9.72. The SMILES string of the molecule is CC(O)(CN)CCCCSc1ccc(Cl)cc1. The van der Waals surface area contributed by atoms with E-state index in [0.29, 0.717) is 6.54 Å². The average molecular weight is 274 g/mol. The van der Waals surface area contributed by atoms with Gasteiger partial charge in [0.05, 0.1) is 5.60 Å². The van der Waals surface area contributed by atoms with Gasteiger partial charge in [-0.05, 0) is 56.2 Å². The number of unbranched alkanes of at least 4 members (excludes halogenated alkanes) is 1. The maximum Gasteiger partial charge on any atom is 0.0741 e. The first-order chi connectivity index (χ1) is 8.03.